The summed E-state index contributed by atoms with van der Waals surface area (Å²) in [5.41, 5.74) is -0.578. The van der Waals surface area contributed by atoms with E-state index in [0.717, 1.165) is 0 Å². The highest BCUT2D eigenvalue weighted by molar-refractivity contribution is 7.53. The van der Waals surface area contributed by atoms with E-state index in [1.165, 1.54) is 7.11 Å². The summed E-state index contributed by atoms with van der Waals surface area (Å²) in [6, 6.07) is -0.685. The first kappa shape index (κ1) is 24.8. The molecule has 0 aliphatic heterocycles. The molecule has 0 aromatic carbocycles. The third-order valence-corrected chi connectivity index (χ3v) is 5.12. The van der Waals surface area contributed by atoms with Gasteiger partial charge in [-0.05, 0) is 41.0 Å². The van der Waals surface area contributed by atoms with E-state index < -0.39 is 31.3 Å². The minimum absolute atomic E-state index is 0.0843. The zero-order chi connectivity index (χ0) is 20.2. The lowest BCUT2D eigenvalue weighted by Gasteiger charge is -2.21. The van der Waals surface area contributed by atoms with E-state index in [-0.39, 0.29) is 32.3 Å². The molecule has 154 valence electrons. The quantitative estimate of drug-likeness (QED) is 0.294. The van der Waals surface area contributed by atoms with E-state index >= 15 is 0 Å². The largest absolute Gasteiger partial charge is 0.468 e. The Labute approximate surface area is 156 Å². The zero-order valence-corrected chi connectivity index (χ0v) is 17.5. The Morgan fingerprint density at radius 3 is 2.12 bits per heavy atom. The van der Waals surface area contributed by atoms with Crippen LogP contribution in [0.4, 0.5) is 4.79 Å². The van der Waals surface area contributed by atoms with Gasteiger partial charge in [-0.1, -0.05) is 0 Å². The standard InChI is InChI=1S/C16H33N2O7P/c1-7-23-26(21,24-8-2)12-9-13(14(19)22-6)17-10-11-18-15(20)25-16(3,4)5/h13,17H,7-12H2,1-6H3,(H,18,20)/t13-/m1/s1. The second-order valence-corrected chi connectivity index (χ2v) is 8.60. The molecule has 26 heavy (non-hydrogen) atoms. The van der Waals surface area contributed by atoms with Crippen molar-refractivity contribution in [2.45, 2.75) is 52.7 Å². The van der Waals surface area contributed by atoms with Crippen LogP contribution in [-0.2, 0) is 27.9 Å². The van der Waals surface area contributed by atoms with Crippen LogP contribution in [0.2, 0.25) is 0 Å². The second kappa shape index (κ2) is 12.3. The molecule has 0 saturated heterocycles. The molecule has 0 bridgehead atoms. The van der Waals surface area contributed by atoms with Gasteiger partial charge in [0, 0.05) is 13.1 Å². The first-order valence-corrected chi connectivity index (χ1v) is 10.5. The van der Waals surface area contributed by atoms with Crippen LogP contribution in [-0.4, -0.2) is 63.3 Å². The van der Waals surface area contributed by atoms with Crippen molar-refractivity contribution in [3.63, 3.8) is 0 Å². The van der Waals surface area contributed by atoms with Gasteiger partial charge in [0.1, 0.15) is 11.6 Å². The van der Waals surface area contributed by atoms with Crippen LogP contribution in [0.15, 0.2) is 0 Å². The SMILES string of the molecule is CCOP(=O)(CC[C@@H](NCCNC(=O)OC(C)(C)C)C(=O)OC)OCC. The normalized spacial score (nSPS) is 13.2. The molecule has 0 spiro atoms. The van der Waals surface area contributed by atoms with E-state index in [4.69, 9.17) is 18.5 Å². The predicted molar refractivity (Wildman–Crippen MR) is 98.4 cm³/mol. The van der Waals surface area contributed by atoms with E-state index in [9.17, 15) is 14.2 Å². The molecule has 0 saturated carbocycles. The van der Waals surface area contributed by atoms with Gasteiger partial charge in [-0.2, -0.15) is 0 Å². The van der Waals surface area contributed by atoms with Crippen LogP contribution in [0.1, 0.15) is 41.0 Å². The molecule has 0 heterocycles. The number of ether oxygens (including phenoxy) is 2. The number of rotatable bonds is 12. The molecule has 1 atom stereocenters. The van der Waals surface area contributed by atoms with Gasteiger partial charge in [0.25, 0.3) is 0 Å². The number of hydrogen-bond donors (Lipinski definition) is 2. The summed E-state index contributed by atoms with van der Waals surface area (Å²) >= 11 is 0. The van der Waals surface area contributed by atoms with Crippen molar-refractivity contribution >= 4 is 19.7 Å². The fraction of sp³-hybridized carbons (Fsp3) is 0.875. The average Bonchev–Trinajstić information content (AvgIpc) is 2.52. The number of nitrogens with one attached hydrogen (secondary N) is 2. The Morgan fingerprint density at radius 1 is 1.08 bits per heavy atom. The Bertz CT molecular complexity index is 470. The lowest BCUT2D eigenvalue weighted by atomic mass is 10.2. The summed E-state index contributed by atoms with van der Waals surface area (Å²) in [4.78, 5) is 23.5. The van der Waals surface area contributed by atoms with Crippen LogP contribution in [0, 0.1) is 0 Å². The van der Waals surface area contributed by atoms with Gasteiger partial charge < -0.3 is 29.2 Å². The van der Waals surface area contributed by atoms with Crippen molar-refractivity contribution < 1.29 is 32.7 Å². The van der Waals surface area contributed by atoms with Crippen molar-refractivity contribution in [2.75, 3.05) is 39.6 Å². The second-order valence-electron chi connectivity index (χ2n) is 6.42. The van der Waals surface area contributed by atoms with Crippen LogP contribution >= 0.6 is 7.60 Å². The Balaban J connectivity index is 4.47. The minimum atomic E-state index is -3.24. The summed E-state index contributed by atoms with van der Waals surface area (Å²) in [5.74, 6) is -0.484. The fourth-order valence-corrected chi connectivity index (χ4v) is 3.71. The number of carbonyl (C=O) groups is 2. The smallest absolute Gasteiger partial charge is 0.407 e. The monoisotopic (exact) mass is 396 g/mol. The average molecular weight is 396 g/mol. The minimum Gasteiger partial charge on any atom is -0.468 e. The van der Waals surface area contributed by atoms with Gasteiger partial charge in [0.15, 0.2) is 0 Å². The zero-order valence-electron chi connectivity index (χ0n) is 16.6. The van der Waals surface area contributed by atoms with Gasteiger partial charge in [-0.3, -0.25) is 9.36 Å². The summed E-state index contributed by atoms with van der Waals surface area (Å²) < 4.78 is 32.8. The summed E-state index contributed by atoms with van der Waals surface area (Å²) in [5, 5.41) is 5.55. The van der Waals surface area contributed by atoms with Crippen molar-refractivity contribution in [1.82, 2.24) is 10.6 Å². The molecule has 0 unspecified atom stereocenters. The van der Waals surface area contributed by atoms with Gasteiger partial charge in [0.2, 0.25) is 0 Å². The van der Waals surface area contributed by atoms with Crippen molar-refractivity contribution in [2.24, 2.45) is 0 Å². The van der Waals surface area contributed by atoms with Crippen LogP contribution < -0.4 is 10.6 Å². The van der Waals surface area contributed by atoms with Crippen molar-refractivity contribution in [1.29, 1.82) is 0 Å². The molecule has 0 aliphatic carbocycles. The molecule has 10 heteroatoms. The Hall–Kier alpha value is -1.15. The van der Waals surface area contributed by atoms with Gasteiger partial charge >= 0.3 is 19.7 Å². The number of amides is 1. The molecular weight excluding hydrogens is 363 g/mol. The summed E-state index contributed by atoms with van der Waals surface area (Å²) in [6.07, 6.45) is -0.233. The van der Waals surface area contributed by atoms with E-state index in [1.807, 2.05) is 0 Å². The van der Waals surface area contributed by atoms with Crippen LogP contribution in [0.5, 0.6) is 0 Å². The molecule has 0 radical (unpaired) electrons. The molecule has 0 aliphatic rings. The third-order valence-electron chi connectivity index (χ3n) is 3.01. The van der Waals surface area contributed by atoms with Crippen LogP contribution in [0.25, 0.3) is 0 Å². The number of carbonyl (C=O) groups excluding carboxylic acids is 2. The number of methoxy groups -OCH3 is 1. The van der Waals surface area contributed by atoms with E-state index in [1.54, 1.807) is 34.6 Å². The third kappa shape index (κ3) is 11.5. The first-order chi connectivity index (χ1) is 12.1. The van der Waals surface area contributed by atoms with Crippen LogP contribution in [0.3, 0.4) is 0 Å². The maximum atomic E-state index is 12.5. The highest BCUT2D eigenvalue weighted by Crippen LogP contribution is 2.48. The van der Waals surface area contributed by atoms with Gasteiger partial charge in [0.05, 0.1) is 26.5 Å². The van der Waals surface area contributed by atoms with Gasteiger partial charge in [-0.15, -0.1) is 0 Å². The lowest BCUT2D eigenvalue weighted by molar-refractivity contribution is -0.143. The molecule has 1 amide bonds. The fourth-order valence-electron chi connectivity index (χ4n) is 2.02. The van der Waals surface area contributed by atoms with Crippen molar-refractivity contribution in [3.05, 3.63) is 0 Å². The summed E-state index contributed by atoms with van der Waals surface area (Å²) in [7, 11) is -1.96. The van der Waals surface area contributed by atoms with Gasteiger partial charge in [-0.25, -0.2) is 4.79 Å². The Morgan fingerprint density at radius 2 is 1.65 bits per heavy atom. The highest BCUT2D eigenvalue weighted by atomic mass is 31.2. The molecule has 2 N–H and O–H groups in total. The molecule has 9 nitrogen and oxygen atoms in total. The molecular formula is C16H33N2O7P. The predicted octanol–water partition coefficient (Wildman–Crippen LogP) is 2.30. The molecule has 0 aromatic rings. The molecule has 0 rings (SSSR count). The van der Waals surface area contributed by atoms with Crippen molar-refractivity contribution in [3.8, 4) is 0 Å². The van der Waals surface area contributed by atoms with E-state index in [0.29, 0.717) is 6.54 Å². The maximum Gasteiger partial charge on any atom is 0.407 e. The number of esters is 1. The maximum absolute atomic E-state index is 12.5. The topological polar surface area (TPSA) is 112 Å². The first-order valence-electron chi connectivity index (χ1n) is 8.73. The van der Waals surface area contributed by atoms with E-state index in [2.05, 4.69) is 10.6 Å². The molecule has 0 aromatic heterocycles. The number of alkyl carbamates (subject to hydrolysis) is 1. The lowest BCUT2D eigenvalue weighted by Crippen LogP contribution is -2.43. The molecule has 0 fully saturated rings. The Kier molecular flexibility index (Phi) is 11.7. The highest BCUT2D eigenvalue weighted by Gasteiger charge is 2.28. The number of hydrogen-bond acceptors (Lipinski definition) is 8. The summed E-state index contributed by atoms with van der Waals surface area (Å²) in [6.45, 7) is 9.85.